The molecule has 0 radical (unpaired) electrons. The summed E-state index contributed by atoms with van der Waals surface area (Å²) in [4.78, 5) is 11.0. The minimum absolute atomic E-state index is 0.0705. The van der Waals surface area contributed by atoms with Gasteiger partial charge >= 0.3 is 5.97 Å². The molecule has 0 aromatic carbocycles. The third-order valence-corrected chi connectivity index (χ3v) is 8.92. The Hall–Kier alpha value is 0.130. The molecular weight excluding hydrogens is 326 g/mol. The molecule has 0 aromatic heterocycles. The molecule has 23 heavy (non-hydrogen) atoms. The van der Waals surface area contributed by atoms with E-state index in [-0.39, 0.29) is 5.97 Å². The molecule has 5 heteroatoms. The molecule has 0 aliphatic carbocycles. The lowest BCUT2D eigenvalue weighted by Crippen LogP contribution is -2.15. The zero-order valence-electron chi connectivity index (χ0n) is 14.6. The molecule has 0 saturated carbocycles. The quantitative estimate of drug-likeness (QED) is 0.451. The third kappa shape index (κ3) is 6.50. The maximum atomic E-state index is 11.0. The van der Waals surface area contributed by atoms with Crippen LogP contribution >= 0.6 is 23.5 Å². The summed E-state index contributed by atoms with van der Waals surface area (Å²) in [5.41, 5.74) is 5.84. The number of unbranched alkanes of at least 4 members (excludes halogenated alkanes) is 5. The molecule has 2 aliphatic heterocycles. The van der Waals surface area contributed by atoms with Crippen molar-refractivity contribution < 1.29 is 9.53 Å². The van der Waals surface area contributed by atoms with Gasteiger partial charge in [-0.25, -0.2) is 0 Å². The average molecular weight is 360 g/mol. The summed E-state index contributed by atoms with van der Waals surface area (Å²) in [6, 6.07) is 0. The van der Waals surface area contributed by atoms with E-state index in [9.17, 15) is 4.79 Å². The van der Waals surface area contributed by atoms with Crippen molar-refractivity contribution in [1.82, 2.24) is 0 Å². The second-order valence-corrected chi connectivity index (χ2v) is 10.6. The summed E-state index contributed by atoms with van der Waals surface area (Å²) in [6.45, 7) is 0.855. The van der Waals surface area contributed by atoms with Gasteiger partial charge in [0.05, 0.1) is 11.2 Å². The molecule has 2 rings (SSSR count). The van der Waals surface area contributed by atoms with Gasteiger partial charge in [-0.05, 0) is 38.5 Å². The summed E-state index contributed by atoms with van der Waals surface area (Å²) in [7, 11) is 1.47. The van der Waals surface area contributed by atoms with Crippen molar-refractivity contribution in [2.45, 2.75) is 91.6 Å². The first kappa shape index (κ1) is 19.5. The number of carbonyl (C=O) groups is 1. The third-order valence-electron chi connectivity index (χ3n) is 5.10. The number of nitrogens with two attached hydrogens (primary N) is 1. The molecule has 2 heterocycles. The smallest absolute Gasteiger partial charge is 0.305 e. The number of ether oxygens (including phenoxy) is 1. The standard InChI is InChI=1S/C18H33NO2S2/c1-21-17(20)9-7-5-3-2-4-6-8-15-10-12-18(22-15)13-11-16(14-19)23-18/h15-16H,2-14,19H2,1H3. The molecule has 2 aliphatic rings. The predicted octanol–water partition coefficient (Wildman–Crippen LogP) is 4.73. The van der Waals surface area contributed by atoms with Crippen LogP contribution in [0.5, 0.6) is 0 Å². The molecule has 0 amide bonds. The fraction of sp³-hybridized carbons (Fsp3) is 0.944. The Balaban J connectivity index is 1.46. The first-order valence-electron chi connectivity index (χ1n) is 9.30. The van der Waals surface area contributed by atoms with Crippen molar-refractivity contribution >= 4 is 29.5 Å². The predicted molar refractivity (Wildman–Crippen MR) is 102 cm³/mol. The fourth-order valence-electron chi connectivity index (χ4n) is 3.70. The summed E-state index contributed by atoms with van der Waals surface area (Å²) in [5.74, 6) is -0.0705. The van der Waals surface area contributed by atoms with Gasteiger partial charge < -0.3 is 10.5 Å². The van der Waals surface area contributed by atoms with E-state index in [0.717, 1.165) is 24.6 Å². The number of hydrogen-bond donors (Lipinski definition) is 1. The van der Waals surface area contributed by atoms with E-state index in [1.807, 2.05) is 0 Å². The second kappa shape index (κ2) is 10.2. The Morgan fingerprint density at radius 3 is 2.30 bits per heavy atom. The van der Waals surface area contributed by atoms with Crippen molar-refractivity contribution in [3.05, 3.63) is 0 Å². The molecular formula is C18H33NO2S2. The maximum absolute atomic E-state index is 11.0. The van der Waals surface area contributed by atoms with Gasteiger partial charge in [0, 0.05) is 23.5 Å². The van der Waals surface area contributed by atoms with E-state index in [4.69, 9.17) is 5.73 Å². The van der Waals surface area contributed by atoms with Crippen molar-refractivity contribution in [3.8, 4) is 0 Å². The zero-order valence-corrected chi connectivity index (χ0v) is 16.2. The van der Waals surface area contributed by atoms with Crippen molar-refractivity contribution in [3.63, 3.8) is 0 Å². The summed E-state index contributed by atoms with van der Waals surface area (Å²) in [5, 5.41) is 1.60. The Labute approximate surface area is 150 Å². The Morgan fingerprint density at radius 1 is 1.04 bits per heavy atom. The molecule has 0 bridgehead atoms. The van der Waals surface area contributed by atoms with Crippen LogP contribution < -0.4 is 5.73 Å². The van der Waals surface area contributed by atoms with E-state index in [2.05, 4.69) is 28.3 Å². The van der Waals surface area contributed by atoms with Crippen LogP contribution in [0.3, 0.4) is 0 Å². The van der Waals surface area contributed by atoms with Crippen LogP contribution in [0.4, 0.5) is 0 Å². The number of methoxy groups -OCH3 is 1. The molecule has 1 spiro atoms. The van der Waals surface area contributed by atoms with Crippen LogP contribution in [0.2, 0.25) is 0 Å². The van der Waals surface area contributed by atoms with Crippen molar-refractivity contribution in [2.24, 2.45) is 5.73 Å². The van der Waals surface area contributed by atoms with Crippen LogP contribution in [0, 0.1) is 0 Å². The average Bonchev–Trinajstić information content (AvgIpc) is 3.16. The normalized spacial score (nSPS) is 30.2. The topological polar surface area (TPSA) is 52.3 Å². The molecule has 0 aromatic rings. The molecule has 3 unspecified atom stereocenters. The Bertz CT molecular complexity index is 367. The molecule has 2 N–H and O–H groups in total. The van der Waals surface area contributed by atoms with E-state index in [0.29, 0.717) is 15.7 Å². The van der Waals surface area contributed by atoms with Gasteiger partial charge in [0.2, 0.25) is 0 Å². The highest BCUT2D eigenvalue weighted by molar-refractivity contribution is 8.19. The van der Waals surface area contributed by atoms with E-state index >= 15 is 0 Å². The first-order valence-corrected chi connectivity index (χ1v) is 11.1. The summed E-state index contributed by atoms with van der Waals surface area (Å²) in [6.07, 6.45) is 14.9. The van der Waals surface area contributed by atoms with Crippen LogP contribution in [-0.4, -0.2) is 34.2 Å². The van der Waals surface area contributed by atoms with Gasteiger partial charge in [-0.2, -0.15) is 0 Å². The number of hydrogen-bond acceptors (Lipinski definition) is 5. The molecule has 3 atom stereocenters. The first-order chi connectivity index (χ1) is 11.2. The lowest BCUT2D eigenvalue weighted by Gasteiger charge is -2.22. The highest BCUT2D eigenvalue weighted by Gasteiger charge is 2.45. The van der Waals surface area contributed by atoms with E-state index in [1.165, 1.54) is 64.9 Å². The minimum Gasteiger partial charge on any atom is -0.469 e. The van der Waals surface area contributed by atoms with Crippen LogP contribution in [0.25, 0.3) is 0 Å². The molecule has 134 valence electrons. The number of carbonyl (C=O) groups excluding carboxylic acids is 1. The number of esters is 1. The van der Waals surface area contributed by atoms with Crippen LogP contribution in [0.1, 0.15) is 77.0 Å². The Kier molecular flexibility index (Phi) is 8.62. The van der Waals surface area contributed by atoms with Gasteiger partial charge in [0.15, 0.2) is 0 Å². The van der Waals surface area contributed by atoms with Gasteiger partial charge in [0.25, 0.3) is 0 Å². The van der Waals surface area contributed by atoms with E-state index in [1.54, 1.807) is 0 Å². The van der Waals surface area contributed by atoms with Gasteiger partial charge in [0.1, 0.15) is 0 Å². The van der Waals surface area contributed by atoms with Gasteiger partial charge in [-0.15, -0.1) is 23.5 Å². The fourth-order valence-corrected chi connectivity index (χ4v) is 7.74. The minimum atomic E-state index is -0.0705. The monoisotopic (exact) mass is 359 g/mol. The van der Waals surface area contributed by atoms with Gasteiger partial charge in [-0.1, -0.05) is 32.1 Å². The molecule has 2 fully saturated rings. The van der Waals surface area contributed by atoms with Crippen LogP contribution in [0.15, 0.2) is 0 Å². The SMILES string of the molecule is COC(=O)CCCCCCCCC1CCC2(CCC(CN)S2)S1. The number of rotatable bonds is 10. The van der Waals surface area contributed by atoms with Crippen LogP contribution in [-0.2, 0) is 9.53 Å². The highest BCUT2D eigenvalue weighted by Crippen LogP contribution is 2.59. The molecule has 2 saturated heterocycles. The van der Waals surface area contributed by atoms with Crippen molar-refractivity contribution in [1.29, 1.82) is 0 Å². The second-order valence-electron chi connectivity index (χ2n) is 6.94. The Morgan fingerprint density at radius 2 is 1.65 bits per heavy atom. The van der Waals surface area contributed by atoms with Crippen molar-refractivity contribution in [2.75, 3.05) is 13.7 Å². The molecule has 3 nitrogen and oxygen atoms in total. The van der Waals surface area contributed by atoms with E-state index < -0.39 is 0 Å². The largest absolute Gasteiger partial charge is 0.469 e. The summed E-state index contributed by atoms with van der Waals surface area (Å²) >= 11 is 4.45. The lowest BCUT2D eigenvalue weighted by molar-refractivity contribution is -0.140. The maximum Gasteiger partial charge on any atom is 0.305 e. The number of thioether (sulfide) groups is 2. The summed E-state index contributed by atoms with van der Waals surface area (Å²) < 4.78 is 5.19. The highest BCUT2D eigenvalue weighted by atomic mass is 32.2. The zero-order chi connectivity index (χ0) is 16.5. The lowest BCUT2D eigenvalue weighted by atomic mass is 10.0. The van der Waals surface area contributed by atoms with Gasteiger partial charge in [-0.3, -0.25) is 4.79 Å².